The first-order valence-electron chi connectivity index (χ1n) is 3.13. The fraction of sp³-hybridized carbons (Fsp3) is 0. The van der Waals surface area contributed by atoms with E-state index in [4.69, 9.17) is 5.21 Å². The van der Waals surface area contributed by atoms with Gasteiger partial charge in [0.25, 0.3) is 0 Å². The van der Waals surface area contributed by atoms with Gasteiger partial charge >= 0.3 is 0 Å². The number of hydrogen-bond acceptors (Lipinski definition) is 4. The lowest BCUT2D eigenvalue weighted by atomic mass is 10.3. The second kappa shape index (κ2) is 2.48. The molecule has 1 aromatic carbocycles. The Morgan fingerprint density at radius 2 is 2.36 bits per heavy atom. The van der Waals surface area contributed by atoms with E-state index in [1.165, 1.54) is 0 Å². The summed E-state index contributed by atoms with van der Waals surface area (Å²) in [4.78, 5) is 4.10. The summed E-state index contributed by atoms with van der Waals surface area (Å²) in [6.07, 6.45) is 0. The van der Waals surface area contributed by atoms with E-state index in [2.05, 4.69) is 10.5 Å². The number of nitrogens with one attached hydrogen (secondary N) is 1. The monoisotopic (exact) mass is 166 g/mol. The number of fused-ring (bicyclic) bond motifs is 1. The van der Waals surface area contributed by atoms with Crippen LogP contribution in [0.2, 0.25) is 0 Å². The minimum absolute atomic E-state index is 0.696. The Hall–Kier alpha value is -1.13. The highest BCUT2D eigenvalue weighted by Crippen LogP contribution is 2.20. The molecule has 0 aliphatic rings. The van der Waals surface area contributed by atoms with Gasteiger partial charge in [0.1, 0.15) is 0 Å². The summed E-state index contributed by atoms with van der Waals surface area (Å²) < 4.78 is 1.07. The van der Waals surface area contributed by atoms with E-state index in [0.717, 1.165) is 10.2 Å². The maximum absolute atomic E-state index is 8.57. The number of rotatable bonds is 1. The minimum atomic E-state index is 0.696. The topological polar surface area (TPSA) is 45.1 Å². The maximum Gasteiger partial charge on any atom is 0.0813 e. The zero-order valence-electron chi connectivity index (χ0n) is 5.61. The van der Waals surface area contributed by atoms with Crippen LogP contribution >= 0.6 is 11.3 Å². The lowest BCUT2D eigenvalue weighted by molar-refractivity contribution is 0.389. The van der Waals surface area contributed by atoms with Crippen molar-refractivity contribution in [1.29, 1.82) is 0 Å². The maximum atomic E-state index is 8.57. The standard InChI is InChI=1S/C7H6N2OS/c10-9-5-1-2-6-7(3-5)11-4-8-6/h1-4,9-10H. The molecule has 0 spiro atoms. The van der Waals surface area contributed by atoms with Crippen molar-refractivity contribution in [1.82, 2.24) is 4.98 Å². The zero-order valence-corrected chi connectivity index (χ0v) is 6.43. The van der Waals surface area contributed by atoms with Crippen molar-refractivity contribution >= 4 is 27.2 Å². The quantitative estimate of drug-likeness (QED) is 0.637. The predicted octanol–water partition coefficient (Wildman–Crippen LogP) is 2.10. The number of nitrogens with zero attached hydrogens (tertiary/aromatic N) is 1. The Balaban J connectivity index is 2.67. The Morgan fingerprint density at radius 3 is 3.18 bits per heavy atom. The van der Waals surface area contributed by atoms with Crippen molar-refractivity contribution < 1.29 is 5.21 Å². The Bertz CT molecular complexity index is 371. The van der Waals surface area contributed by atoms with Crippen molar-refractivity contribution in [3.8, 4) is 0 Å². The second-order valence-electron chi connectivity index (χ2n) is 2.15. The molecular weight excluding hydrogens is 160 g/mol. The van der Waals surface area contributed by atoms with Gasteiger partial charge in [0.2, 0.25) is 0 Å². The molecule has 56 valence electrons. The third-order valence-electron chi connectivity index (χ3n) is 1.46. The van der Waals surface area contributed by atoms with Gasteiger partial charge in [-0.05, 0) is 18.2 Å². The van der Waals surface area contributed by atoms with Crippen molar-refractivity contribution in [2.24, 2.45) is 0 Å². The molecule has 0 radical (unpaired) electrons. The largest absolute Gasteiger partial charge is 0.291 e. The number of hydrogen-bond donors (Lipinski definition) is 2. The minimum Gasteiger partial charge on any atom is -0.291 e. The first kappa shape index (κ1) is 6.57. The van der Waals surface area contributed by atoms with Crippen molar-refractivity contribution in [2.75, 3.05) is 5.48 Å². The molecule has 0 atom stereocenters. The normalized spacial score (nSPS) is 10.3. The van der Waals surface area contributed by atoms with Gasteiger partial charge in [0, 0.05) is 0 Å². The number of thiazole rings is 1. The molecule has 4 heteroatoms. The molecule has 2 N–H and O–H groups in total. The van der Waals surface area contributed by atoms with Crippen LogP contribution in [0, 0.1) is 0 Å². The number of benzene rings is 1. The molecule has 0 bridgehead atoms. The molecule has 0 aliphatic heterocycles. The smallest absolute Gasteiger partial charge is 0.0813 e. The fourth-order valence-corrected chi connectivity index (χ4v) is 1.64. The lowest BCUT2D eigenvalue weighted by Gasteiger charge is -1.95. The van der Waals surface area contributed by atoms with E-state index in [0.29, 0.717) is 5.69 Å². The second-order valence-corrected chi connectivity index (χ2v) is 3.03. The SMILES string of the molecule is ONc1ccc2ncsc2c1. The van der Waals surface area contributed by atoms with Crippen molar-refractivity contribution in [3.63, 3.8) is 0 Å². The van der Waals surface area contributed by atoms with Gasteiger partial charge in [0.05, 0.1) is 21.4 Å². The van der Waals surface area contributed by atoms with Crippen LogP contribution in [0.15, 0.2) is 23.7 Å². The first-order chi connectivity index (χ1) is 5.40. The zero-order chi connectivity index (χ0) is 7.68. The van der Waals surface area contributed by atoms with E-state index in [1.54, 1.807) is 22.9 Å². The highest BCUT2D eigenvalue weighted by molar-refractivity contribution is 7.16. The molecule has 2 aromatic rings. The Kier molecular flexibility index (Phi) is 1.48. The molecule has 0 unspecified atom stereocenters. The summed E-state index contributed by atoms with van der Waals surface area (Å²) in [5.74, 6) is 0. The molecule has 3 nitrogen and oxygen atoms in total. The summed E-state index contributed by atoms with van der Waals surface area (Å²) in [5.41, 5.74) is 5.53. The molecule has 1 aromatic heterocycles. The van der Waals surface area contributed by atoms with E-state index in [1.807, 2.05) is 12.1 Å². The van der Waals surface area contributed by atoms with Crippen LogP contribution in [0.25, 0.3) is 10.2 Å². The fourth-order valence-electron chi connectivity index (χ4n) is 0.925. The van der Waals surface area contributed by atoms with Gasteiger partial charge in [-0.3, -0.25) is 10.7 Å². The average molecular weight is 166 g/mol. The van der Waals surface area contributed by atoms with Crippen LogP contribution < -0.4 is 5.48 Å². The van der Waals surface area contributed by atoms with Crippen LogP contribution in [0.5, 0.6) is 0 Å². The summed E-state index contributed by atoms with van der Waals surface area (Å²) in [6.45, 7) is 0. The van der Waals surface area contributed by atoms with Crippen LogP contribution in [0.3, 0.4) is 0 Å². The number of aromatic nitrogens is 1. The van der Waals surface area contributed by atoms with E-state index in [-0.39, 0.29) is 0 Å². The van der Waals surface area contributed by atoms with E-state index < -0.39 is 0 Å². The molecule has 0 fully saturated rings. The summed E-state index contributed by atoms with van der Waals surface area (Å²) >= 11 is 1.55. The van der Waals surface area contributed by atoms with Gasteiger partial charge in [0.15, 0.2) is 0 Å². The molecule has 0 aliphatic carbocycles. The first-order valence-corrected chi connectivity index (χ1v) is 4.01. The van der Waals surface area contributed by atoms with Crippen molar-refractivity contribution in [2.45, 2.75) is 0 Å². The lowest BCUT2D eigenvalue weighted by Crippen LogP contribution is -1.86. The van der Waals surface area contributed by atoms with Gasteiger partial charge in [-0.1, -0.05) is 0 Å². The highest BCUT2D eigenvalue weighted by atomic mass is 32.1. The summed E-state index contributed by atoms with van der Waals surface area (Å²) in [7, 11) is 0. The van der Waals surface area contributed by atoms with Crippen LogP contribution in [0.4, 0.5) is 5.69 Å². The van der Waals surface area contributed by atoms with Crippen LogP contribution in [-0.2, 0) is 0 Å². The van der Waals surface area contributed by atoms with Crippen LogP contribution in [0.1, 0.15) is 0 Å². The Labute approximate surface area is 67.3 Å². The molecule has 1 heterocycles. The molecule has 0 saturated heterocycles. The number of anilines is 1. The highest BCUT2D eigenvalue weighted by Gasteiger charge is 1.96. The molecule has 0 amide bonds. The third kappa shape index (κ3) is 1.06. The van der Waals surface area contributed by atoms with E-state index in [9.17, 15) is 0 Å². The average Bonchev–Trinajstić information content (AvgIpc) is 2.50. The van der Waals surface area contributed by atoms with Gasteiger partial charge in [-0.15, -0.1) is 11.3 Å². The molecule has 2 rings (SSSR count). The summed E-state index contributed by atoms with van der Waals surface area (Å²) in [6, 6.07) is 5.50. The third-order valence-corrected chi connectivity index (χ3v) is 2.25. The Morgan fingerprint density at radius 1 is 1.45 bits per heavy atom. The molecule has 0 saturated carbocycles. The predicted molar refractivity (Wildman–Crippen MR) is 45.0 cm³/mol. The summed E-state index contributed by atoms with van der Waals surface area (Å²) in [5, 5.41) is 8.57. The van der Waals surface area contributed by atoms with Crippen LogP contribution in [-0.4, -0.2) is 10.2 Å². The van der Waals surface area contributed by atoms with E-state index >= 15 is 0 Å². The van der Waals surface area contributed by atoms with Gasteiger partial charge in [-0.25, -0.2) is 4.98 Å². The van der Waals surface area contributed by atoms with Crippen molar-refractivity contribution in [3.05, 3.63) is 23.7 Å². The van der Waals surface area contributed by atoms with Gasteiger partial charge in [-0.2, -0.15) is 0 Å². The molecular formula is C7H6N2OS. The van der Waals surface area contributed by atoms with Gasteiger partial charge < -0.3 is 0 Å². The molecule has 11 heavy (non-hydrogen) atoms.